The Morgan fingerprint density at radius 1 is 1.42 bits per heavy atom. The number of benzene rings is 1. The van der Waals surface area contributed by atoms with Crippen LogP contribution in [0.3, 0.4) is 0 Å². The molecular weight excluding hydrogens is 282 g/mol. The fourth-order valence-electron chi connectivity index (χ4n) is 1.77. The van der Waals surface area contributed by atoms with E-state index in [0.29, 0.717) is 10.9 Å². The predicted molar refractivity (Wildman–Crippen MR) is 78.5 cm³/mol. The van der Waals surface area contributed by atoms with Crippen LogP contribution in [0, 0.1) is 6.92 Å². The predicted octanol–water partition coefficient (Wildman–Crippen LogP) is 1.11. The molecule has 1 heterocycles. The molecule has 1 aromatic heterocycles. The van der Waals surface area contributed by atoms with Crippen molar-refractivity contribution in [1.82, 2.24) is 9.71 Å². The second kappa shape index (κ2) is 5.20. The van der Waals surface area contributed by atoms with E-state index in [1.54, 1.807) is 30.5 Å². The number of nitrogens with zero attached hydrogens (tertiary/aromatic N) is 1. The van der Waals surface area contributed by atoms with Crippen LogP contribution in [0.1, 0.15) is 5.56 Å². The van der Waals surface area contributed by atoms with Gasteiger partial charge in [-0.05, 0) is 30.7 Å². The Kier molecular flexibility index (Phi) is 3.79. The SMILES string of the molecule is Cc1ccc(S(=O)(=O)NCC(N)=S)c2cccnc12. The van der Waals surface area contributed by atoms with Gasteiger partial charge < -0.3 is 5.73 Å². The van der Waals surface area contributed by atoms with Crippen molar-refractivity contribution in [2.75, 3.05) is 6.54 Å². The summed E-state index contributed by atoms with van der Waals surface area (Å²) < 4.78 is 26.8. The third kappa shape index (κ3) is 2.89. The average molecular weight is 295 g/mol. The zero-order chi connectivity index (χ0) is 14.0. The van der Waals surface area contributed by atoms with Crippen molar-refractivity contribution in [2.24, 2.45) is 5.73 Å². The maximum atomic E-state index is 12.2. The molecule has 0 aliphatic heterocycles. The summed E-state index contributed by atoms with van der Waals surface area (Å²) in [5.41, 5.74) is 6.89. The summed E-state index contributed by atoms with van der Waals surface area (Å²) >= 11 is 4.67. The van der Waals surface area contributed by atoms with E-state index >= 15 is 0 Å². The van der Waals surface area contributed by atoms with Gasteiger partial charge in [-0.2, -0.15) is 0 Å². The standard InChI is InChI=1S/C12H13N3O2S2/c1-8-4-5-10(9-3-2-6-14-12(8)9)19(16,17)15-7-11(13)18/h2-6,15H,7H2,1H3,(H2,13,18). The minimum atomic E-state index is -3.66. The van der Waals surface area contributed by atoms with Crippen molar-refractivity contribution in [3.05, 3.63) is 36.0 Å². The van der Waals surface area contributed by atoms with Crippen LogP contribution in [0.4, 0.5) is 0 Å². The van der Waals surface area contributed by atoms with Crippen LogP contribution >= 0.6 is 12.2 Å². The van der Waals surface area contributed by atoms with Gasteiger partial charge in [-0.15, -0.1) is 0 Å². The first-order valence-corrected chi connectivity index (χ1v) is 7.43. The molecule has 0 atom stereocenters. The van der Waals surface area contributed by atoms with Crippen LogP contribution in [0.25, 0.3) is 10.9 Å². The topological polar surface area (TPSA) is 85.1 Å². The number of sulfonamides is 1. The van der Waals surface area contributed by atoms with Gasteiger partial charge in [0.1, 0.15) is 0 Å². The molecule has 19 heavy (non-hydrogen) atoms. The lowest BCUT2D eigenvalue weighted by Crippen LogP contribution is -2.32. The summed E-state index contributed by atoms with van der Waals surface area (Å²) in [6.45, 7) is 1.82. The van der Waals surface area contributed by atoms with Crippen LogP contribution in [-0.2, 0) is 10.0 Å². The van der Waals surface area contributed by atoms with Crippen LogP contribution in [0.15, 0.2) is 35.4 Å². The fourth-order valence-corrected chi connectivity index (χ4v) is 3.13. The fraction of sp³-hybridized carbons (Fsp3) is 0.167. The number of thiocarbonyl (C=S) groups is 1. The van der Waals surface area contributed by atoms with Gasteiger partial charge in [-0.1, -0.05) is 18.3 Å². The lowest BCUT2D eigenvalue weighted by atomic mass is 10.1. The largest absolute Gasteiger partial charge is 0.392 e. The second-order valence-corrected chi connectivity index (χ2v) is 6.33. The molecule has 3 N–H and O–H groups in total. The quantitative estimate of drug-likeness (QED) is 0.825. The first-order chi connectivity index (χ1) is 8.92. The van der Waals surface area contributed by atoms with Crippen molar-refractivity contribution in [3.8, 4) is 0 Å². The van der Waals surface area contributed by atoms with Gasteiger partial charge in [0.2, 0.25) is 10.0 Å². The number of hydrogen-bond donors (Lipinski definition) is 2. The van der Waals surface area contributed by atoms with Gasteiger partial charge in [-0.25, -0.2) is 13.1 Å². The van der Waals surface area contributed by atoms with E-state index in [4.69, 9.17) is 5.73 Å². The summed E-state index contributed by atoms with van der Waals surface area (Å²) in [5, 5.41) is 0.581. The van der Waals surface area contributed by atoms with Crippen LogP contribution in [-0.4, -0.2) is 24.9 Å². The molecule has 0 saturated heterocycles. The number of nitrogens with two attached hydrogens (primary N) is 1. The first kappa shape index (κ1) is 13.9. The van der Waals surface area contributed by atoms with Gasteiger partial charge in [-0.3, -0.25) is 4.98 Å². The molecule has 0 spiro atoms. The maximum absolute atomic E-state index is 12.2. The lowest BCUT2D eigenvalue weighted by molar-refractivity contribution is 0.587. The number of hydrogen-bond acceptors (Lipinski definition) is 4. The van der Waals surface area contributed by atoms with E-state index in [1.807, 2.05) is 6.92 Å². The minimum Gasteiger partial charge on any atom is -0.392 e. The molecule has 0 aliphatic carbocycles. The van der Waals surface area contributed by atoms with Crippen molar-refractivity contribution in [3.63, 3.8) is 0 Å². The van der Waals surface area contributed by atoms with E-state index in [-0.39, 0.29) is 16.4 Å². The van der Waals surface area contributed by atoms with Crippen molar-refractivity contribution in [1.29, 1.82) is 0 Å². The van der Waals surface area contributed by atoms with E-state index in [0.717, 1.165) is 5.56 Å². The molecule has 0 unspecified atom stereocenters. The third-order valence-electron chi connectivity index (χ3n) is 2.66. The number of fused-ring (bicyclic) bond motifs is 1. The molecule has 2 aromatic rings. The highest BCUT2D eigenvalue weighted by Crippen LogP contribution is 2.23. The Bertz CT molecular complexity index is 742. The molecule has 0 fully saturated rings. The number of nitrogens with one attached hydrogen (secondary N) is 1. The Balaban J connectivity index is 2.57. The molecule has 0 bridgehead atoms. The van der Waals surface area contributed by atoms with E-state index in [1.165, 1.54) is 0 Å². The second-order valence-electron chi connectivity index (χ2n) is 4.07. The molecule has 1 aromatic carbocycles. The van der Waals surface area contributed by atoms with E-state index in [9.17, 15) is 8.42 Å². The molecular formula is C12H13N3O2S2. The average Bonchev–Trinajstić information content (AvgIpc) is 2.37. The number of rotatable bonds is 4. The summed E-state index contributed by atoms with van der Waals surface area (Å²) in [6.07, 6.45) is 1.63. The first-order valence-electron chi connectivity index (χ1n) is 5.54. The maximum Gasteiger partial charge on any atom is 0.241 e. The molecule has 0 aliphatic rings. The van der Waals surface area contributed by atoms with Crippen LogP contribution in [0.5, 0.6) is 0 Å². The highest BCUT2D eigenvalue weighted by Gasteiger charge is 2.18. The number of pyridine rings is 1. The molecule has 0 amide bonds. The van der Waals surface area contributed by atoms with Crippen molar-refractivity contribution in [2.45, 2.75) is 11.8 Å². The van der Waals surface area contributed by atoms with Crippen molar-refractivity contribution >= 4 is 38.1 Å². The molecule has 100 valence electrons. The smallest absolute Gasteiger partial charge is 0.241 e. The van der Waals surface area contributed by atoms with Crippen LogP contribution in [0.2, 0.25) is 0 Å². The zero-order valence-electron chi connectivity index (χ0n) is 10.3. The van der Waals surface area contributed by atoms with Crippen LogP contribution < -0.4 is 10.5 Å². The van der Waals surface area contributed by atoms with E-state index < -0.39 is 10.0 Å². The van der Waals surface area contributed by atoms with E-state index in [2.05, 4.69) is 21.9 Å². The minimum absolute atomic E-state index is 0.0622. The molecule has 2 rings (SSSR count). The highest BCUT2D eigenvalue weighted by atomic mass is 32.2. The monoisotopic (exact) mass is 295 g/mol. The highest BCUT2D eigenvalue weighted by molar-refractivity contribution is 7.89. The number of aromatic nitrogens is 1. The van der Waals surface area contributed by atoms with Gasteiger partial charge >= 0.3 is 0 Å². The Morgan fingerprint density at radius 3 is 2.84 bits per heavy atom. The Morgan fingerprint density at radius 2 is 2.16 bits per heavy atom. The van der Waals surface area contributed by atoms with Crippen molar-refractivity contribution < 1.29 is 8.42 Å². The Labute approximate surface area is 116 Å². The molecule has 5 nitrogen and oxygen atoms in total. The summed E-state index contributed by atoms with van der Waals surface area (Å²) in [6, 6.07) is 6.71. The molecule has 0 saturated carbocycles. The lowest BCUT2D eigenvalue weighted by Gasteiger charge is -2.10. The summed E-state index contributed by atoms with van der Waals surface area (Å²) in [4.78, 5) is 4.48. The normalized spacial score (nSPS) is 11.6. The zero-order valence-corrected chi connectivity index (χ0v) is 11.9. The van der Waals surface area contributed by atoms with Gasteiger partial charge in [0.25, 0.3) is 0 Å². The summed E-state index contributed by atoms with van der Waals surface area (Å²) in [7, 11) is -3.66. The Hall–Kier alpha value is -1.57. The third-order valence-corrected chi connectivity index (χ3v) is 4.26. The summed E-state index contributed by atoms with van der Waals surface area (Å²) in [5.74, 6) is 0. The van der Waals surface area contributed by atoms with Gasteiger partial charge in [0, 0.05) is 11.6 Å². The van der Waals surface area contributed by atoms with Gasteiger partial charge in [0.05, 0.1) is 21.9 Å². The molecule has 0 radical (unpaired) electrons. The van der Waals surface area contributed by atoms with Gasteiger partial charge in [0.15, 0.2) is 0 Å². The molecule has 7 heteroatoms. The number of aryl methyl sites for hydroxylation is 1.